The fourth-order valence-electron chi connectivity index (χ4n) is 3.50. The SMILES string of the molecule is O=C(O)c1cc(O)ccc1NC(=O)C1NCC2CCCC21. The number of rotatable bonds is 3. The van der Waals surface area contributed by atoms with Crippen LogP contribution < -0.4 is 10.6 Å². The van der Waals surface area contributed by atoms with Crippen molar-refractivity contribution in [2.75, 3.05) is 11.9 Å². The molecule has 1 amide bonds. The monoisotopic (exact) mass is 290 g/mol. The Morgan fingerprint density at radius 1 is 1.29 bits per heavy atom. The summed E-state index contributed by atoms with van der Waals surface area (Å²) >= 11 is 0. The molecule has 1 saturated carbocycles. The Labute approximate surface area is 122 Å². The van der Waals surface area contributed by atoms with Crippen LogP contribution in [0, 0.1) is 11.8 Å². The number of carboxylic acid groups (broad SMARTS) is 1. The van der Waals surface area contributed by atoms with Gasteiger partial charge in [0, 0.05) is 0 Å². The van der Waals surface area contributed by atoms with Gasteiger partial charge in [0.1, 0.15) is 5.75 Å². The summed E-state index contributed by atoms with van der Waals surface area (Å²) in [7, 11) is 0. The second kappa shape index (κ2) is 5.37. The minimum atomic E-state index is -1.18. The molecule has 1 heterocycles. The number of phenols is 1. The summed E-state index contributed by atoms with van der Waals surface area (Å²) in [5.74, 6) is -0.618. The quantitative estimate of drug-likeness (QED) is 0.631. The number of benzene rings is 1. The molecule has 0 aromatic heterocycles. The summed E-state index contributed by atoms with van der Waals surface area (Å²) in [4.78, 5) is 23.6. The average molecular weight is 290 g/mol. The zero-order valence-corrected chi connectivity index (χ0v) is 11.5. The van der Waals surface area contributed by atoms with E-state index in [0.717, 1.165) is 31.9 Å². The lowest BCUT2D eigenvalue weighted by Gasteiger charge is -2.18. The molecule has 3 unspecified atom stereocenters. The van der Waals surface area contributed by atoms with Gasteiger partial charge in [0.15, 0.2) is 0 Å². The average Bonchev–Trinajstić information content (AvgIpc) is 3.02. The van der Waals surface area contributed by atoms with Crippen molar-refractivity contribution in [2.24, 2.45) is 11.8 Å². The summed E-state index contributed by atoms with van der Waals surface area (Å²) in [6.45, 7) is 0.851. The number of carbonyl (C=O) groups excluding carboxylic acids is 1. The van der Waals surface area contributed by atoms with E-state index in [1.165, 1.54) is 12.1 Å². The molecule has 6 nitrogen and oxygen atoms in total. The molecule has 4 N–H and O–H groups in total. The lowest BCUT2D eigenvalue weighted by Crippen LogP contribution is -2.40. The Kier molecular flexibility index (Phi) is 3.55. The number of hydrogen-bond acceptors (Lipinski definition) is 4. The highest BCUT2D eigenvalue weighted by Gasteiger charge is 2.42. The number of phenolic OH excluding ortho intramolecular Hbond substituents is 1. The zero-order valence-electron chi connectivity index (χ0n) is 11.5. The Bertz CT molecular complexity index is 587. The van der Waals surface area contributed by atoms with Crippen LogP contribution in [0.3, 0.4) is 0 Å². The van der Waals surface area contributed by atoms with Crippen LogP contribution in [0.15, 0.2) is 18.2 Å². The van der Waals surface area contributed by atoms with Gasteiger partial charge in [-0.3, -0.25) is 4.79 Å². The van der Waals surface area contributed by atoms with E-state index >= 15 is 0 Å². The van der Waals surface area contributed by atoms with E-state index in [1.54, 1.807) is 0 Å². The zero-order chi connectivity index (χ0) is 15.0. The molecule has 3 atom stereocenters. The summed E-state index contributed by atoms with van der Waals surface area (Å²) in [5.41, 5.74) is 0.109. The largest absolute Gasteiger partial charge is 0.508 e. The van der Waals surface area contributed by atoms with Crippen molar-refractivity contribution in [1.82, 2.24) is 5.32 Å². The molecule has 1 aliphatic carbocycles. The van der Waals surface area contributed by atoms with Gasteiger partial charge >= 0.3 is 5.97 Å². The standard InChI is InChI=1S/C15H18N2O4/c18-9-4-5-12(11(6-9)15(20)21)17-14(19)13-10-3-1-2-8(10)7-16-13/h4-6,8,10,13,16,18H,1-3,7H2,(H,17,19)(H,20,21). The summed E-state index contributed by atoms with van der Waals surface area (Å²) in [6, 6.07) is 3.66. The van der Waals surface area contributed by atoms with Gasteiger partial charge in [-0.25, -0.2) is 4.79 Å². The molecule has 2 fully saturated rings. The lowest BCUT2D eigenvalue weighted by molar-refractivity contribution is -0.118. The number of fused-ring (bicyclic) bond motifs is 1. The minimum Gasteiger partial charge on any atom is -0.508 e. The first-order valence-electron chi connectivity index (χ1n) is 7.17. The highest BCUT2D eigenvalue weighted by Crippen LogP contribution is 2.38. The van der Waals surface area contributed by atoms with Crippen LogP contribution in [0.5, 0.6) is 5.75 Å². The van der Waals surface area contributed by atoms with Gasteiger partial charge in [0.05, 0.1) is 17.3 Å². The number of anilines is 1. The third-order valence-electron chi connectivity index (χ3n) is 4.52. The van der Waals surface area contributed by atoms with Crippen molar-refractivity contribution in [3.05, 3.63) is 23.8 Å². The predicted molar refractivity (Wildman–Crippen MR) is 76.3 cm³/mol. The highest BCUT2D eigenvalue weighted by molar-refractivity contribution is 6.02. The van der Waals surface area contributed by atoms with Crippen LogP contribution in [-0.4, -0.2) is 34.7 Å². The number of aromatic carboxylic acids is 1. The fourth-order valence-corrected chi connectivity index (χ4v) is 3.50. The van der Waals surface area contributed by atoms with Gasteiger partial charge in [-0.05, 0) is 49.4 Å². The van der Waals surface area contributed by atoms with Gasteiger partial charge < -0.3 is 20.8 Å². The predicted octanol–water partition coefficient (Wildman–Crippen LogP) is 1.42. The van der Waals surface area contributed by atoms with Crippen molar-refractivity contribution in [3.63, 3.8) is 0 Å². The molecular weight excluding hydrogens is 272 g/mol. The second-order valence-electron chi connectivity index (χ2n) is 5.77. The van der Waals surface area contributed by atoms with Crippen LogP contribution in [0.2, 0.25) is 0 Å². The van der Waals surface area contributed by atoms with Crippen LogP contribution in [0.25, 0.3) is 0 Å². The molecule has 0 spiro atoms. The number of carboxylic acids is 1. The topological polar surface area (TPSA) is 98.7 Å². The first kappa shape index (κ1) is 13.9. The van der Waals surface area contributed by atoms with E-state index in [4.69, 9.17) is 5.11 Å². The minimum absolute atomic E-state index is 0.107. The van der Waals surface area contributed by atoms with Crippen LogP contribution >= 0.6 is 0 Å². The Hall–Kier alpha value is -2.08. The van der Waals surface area contributed by atoms with Gasteiger partial charge in [0.25, 0.3) is 0 Å². The van der Waals surface area contributed by atoms with Crippen LogP contribution in [0.4, 0.5) is 5.69 Å². The van der Waals surface area contributed by atoms with E-state index in [2.05, 4.69) is 10.6 Å². The van der Waals surface area contributed by atoms with Crippen LogP contribution in [-0.2, 0) is 4.79 Å². The van der Waals surface area contributed by atoms with E-state index < -0.39 is 5.97 Å². The maximum absolute atomic E-state index is 12.4. The molecule has 1 aromatic carbocycles. The van der Waals surface area contributed by atoms with Crippen molar-refractivity contribution < 1.29 is 19.8 Å². The normalized spacial score (nSPS) is 27.3. The molecule has 1 saturated heterocycles. The van der Waals surface area contributed by atoms with Crippen molar-refractivity contribution in [2.45, 2.75) is 25.3 Å². The van der Waals surface area contributed by atoms with Gasteiger partial charge in [-0.2, -0.15) is 0 Å². The van der Waals surface area contributed by atoms with Crippen LogP contribution in [0.1, 0.15) is 29.6 Å². The first-order chi connectivity index (χ1) is 10.1. The molecule has 2 aliphatic rings. The molecule has 6 heteroatoms. The summed E-state index contributed by atoms with van der Waals surface area (Å²) in [6.07, 6.45) is 3.35. The molecule has 112 valence electrons. The number of amides is 1. The van der Waals surface area contributed by atoms with Gasteiger partial charge in [-0.15, -0.1) is 0 Å². The molecule has 21 heavy (non-hydrogen) atoms. The number of aromatic hydroxyl groups is 1. The number of carbonyl (C=O) groups is 2. The Balaban J connectivity index is 1.77. The van der Waals surface area contributed by atoms with Gasteiger partial charge in [0.2, 0.25) is 5.91 Å². The second-order valence-corrected chi connectivity index (χ2v) is 5.77. The highest BCUT2D eigenvalue weighted by atomic mass is 16.4. The first-order valence-corrected chi connectivity index (χ1v) is 7.17. The van der Waals surface area contributed by atoms with E-state index in [9.17, 15) is 14.7 Å². The number of hydrogen-bond donors (Lipinski definition) is 4. The maximum Gasteiger partial charge on any atom is 0.337 e. The number of nitrogens with one attached hydrogen (secondary N) is 2. The maximum atomic E-state index is 12.4. The van der Waals surface area contributed by atoms with Gasteiger partial charge in [-0.1, -0.05) is 6.42 Å². The molecule has 0 radical (unpaired) electrons. The van der Waals surface area contributed by atoms with E-state index in [0.29, 0.717) is 11.8 Å². The molecule has 3 rings (SSSR count). The summed E-state index contributed by atoms with van der Waals surface area (Å²) < 4.78 is 0. The smallest absolute Gasteiger partial charge is 0.337 e. The van der Waals surface area contributed by atoms with Crippen molar-refractivity contribution in [3.8, 4) is 5.75 Å². The Morgan fingerprint density at radius 2 is 2.10 bits per heavy atom. The third kappa shape index (κ3) is 2.58. The van der Waals surface area contributed by atoms with Crippen molar-refractivity contribution >= 4 is 17.6 Å². The van der Waals surface area contributed by atoms with Crippen molar-refractivity contribution in [1.29, 1.82) is 0 Å². The molecule has 0 bridgehead atoms. The lowest BCUT2D eigenvalue weighted by atomic mass is 9.93. The third-order valence-corrected chi connectivity index (χ3v) is 4.52. The fraction of sp³-hybridized carbons (Fsp3) is 0.467. The van der Waals surface area contributed by atoms with E-state index in [-0.39, 0.29) is 28.9 Å². The molecule has 1 aromatic rings. The Morgan fingerprint density at radius 3 is 2.86 bits per heavy atom. The van der Waals surface area contributed by atoms with E-state index in [1.807, 2.05) is 0 Å². The summed E-state index contributed by atoms with van der Waals surface area (Å²) in [5, 5.41) is 24.4. The molecular formula is C15H18N2O4. The molecule has 1 aliphatic heterocycles.